The number of rotatable bonds is 7. The van der Waals surface area contributed by atoms with Crippen LogP contribution in [0.2, 0.25) is 0 Å². The zero-order chi connectivity index (χ0) is 12.0. The van der Waals surface area contributed by atoms with Gasteiger partial charge in [0.05, 0.1) is 12.5 Å². The number of nitrogens with zero attached hydrogens (tertiary/aromatic N) is 2. The molecule has 0 saturated carbocycles. The standard InChI is InChI=1S/C11H19N3O2/c1-14-6-5-13-11(14)8-10(15)9(12)4-3-7-16-2/h5-6,9H,3-4,7-8,12H2,1-2H3. The van der Waals surface area contributed by atoms with Crippen molar-refractivity contribution in [1.82, 2.24) is 9.55 Å². The molecule has 0 aliphatic rings. The zero-order valence-corrected chi connectivity index (χ0v) is 9.85. The largest absolute Gasteiger partial charge is 0.385 e. The number of Topliss-reactive ketones (excluding diaryl/α,β-unsaturated/α-hetero) is 1. The minimum atomic E-state index is -0.410. The third kappa shape index (κ3) is 3.75. The Kier molecular flexibility index (Phi) is 5.14. The van der Waals surface area contributed by atoms with Crippen LogP contribution in [0.15, 0.2) is 12.4 Å². The summed E-state index contributed by atoms with van der Waals surface area (Å²) in [4.78, 5) is 15.8. The first-order valence-electron chi connectivity index (χ1n) is 5.38. The lowest BCUT2D eigenvalue weighted by Crippen LogP contribution is -2.32. The van der Waals surface area contributed by atoms with Gasteiger partial charge in [-0.1, -0.05) is 0 Å². The Morgan fingerprint density at radius 3 is 3.00 bits per heavy atom. The van der Waals surface area contributed by atoms with Gasteiger partial charge in [-0.25, -0.2) is 4.98 Å². The molecule has 0 aliphatic heterocycles. The van der Waals surface area contributed by atoms with Crippen molar-refractivity contribution in [2.45, 2.75) is 25.3 Å². The Hall–Kier alpha value is -1.20. The first-order valence-corrected chi connectivity index (χ1v) is 5.38. The third-order valence-electron chi connectivity index (χ3n) is 2.53. The average molecular weight is 225 g/mol. The van der Waals surface area contributed by atoms with Crippen molar-refractivity contribution in [2.24, 2.45) is 12.8 Å². The van der Waals surface area contributed by atoms with E-state index >= 15 is 0 Å². The lowest BCUT2D eigenvalue weighted by Gasteiger charge is -2.09. The molecule has 0 radical (unpaired) electrons. The summed E-state index contributed by atoms with van der Waals surface area (Å²) in [6, 6.07) is -0.410. The van der Waals surface area contributed by atoms with E-state index < -0.39 is 6.04 Å². The highest BCUT2D eigenvalue weighted by Crippen LogP contribution is 2.02. The Morgan fingerprint density at radius 2 is 2.44 bits per heavy atom. The summed E-state index contributed by atoms with van der Waals surface area (Å²) in [6.45, 7) is 0.642. The monoisotopic (exact) mass is 225 g/mol. The summed E-state index contributed by atoms with van der Waals surface area (Å²) in [5.74, 6) is 0.789. The minimum Gasteiger partial charge on any atom is -0.385 e. The molecule has 0 saturated heterocycles. The van der Waals surface area contributed by atoms with Gasteiger partial charge in [-0.3, -0.25) is 4.79 Å². The van der Waals surface area contributed by atoms with Crippen molar-refractivity contribution in [1.29, 1.82) is 0 Å². The van der Waals surface area contributed by atoms with Crippen LogP contribution in [-0.4, -0.2) is 35.1 Å². The molecule has 0 aromatic carbocycles. The van der Waals surface area contributed by atoms with Crippen LogP contribution in [-0.2, 0) is 23.0 Å². The number of imidazole rings is 1. The van der Waals surface area contributed by atoms with Crippen molar-refractivity contribution < 1.29 is 9.53 Å². The molecule has 0 bridgehead atoms. The number of aromatic nitrogens is 2. The Labute approximate surface area is 95.6 Å². The molecule has 90 valence electrons. The fraction of sp³-hybridized carbons (Fsp3) is 0.636. The van der Waals surface area contributed by atoms with Gasteiger partial charge >= 0.3 is 0 Å². The lowest BCUT2D eigenvalue weighted by molar-refractivity contribution is -0.120. The second-order valence-corrected chi connectivity index (χ2v) is 3.84. The fourth-order valence-corrected chi connectivity index (χ4v) is 1.46. The second kappa shape index (κ2) is 6.40. The van der Waals surface area contributed by atoms with Crippen LogP contribution in [0.1, 0.15) is 18.7 Å². The first-order chi connectivity index (χ1) is 7.65. The van der Waals surface area contributed by atoms with E-state index in [1.54, 1.807) is 13.3 Å². The number of ketones is 1. The van der Waals surface area contributed by atoms with E-state index in [0.29, 0.717) is 19.4 Å². The molecule has 1 unspecified atom stereocenters. The summed E-state index contributed by atoms with van der Waals surface area (Å²) < 4.78 is 6.75. The molecule has 1 aromatic heterocycles. The molecule has 0 amide bonds. The number of carbonyl (C=O) groups excluding carboxylic acids is 1. The molecule has 16 heavy (non-hydrogen) atoms. The highest BCUT2D eigenvalue weighted by molar-refractivity contribution is 5.85. The van der Waals surface area contributed by atoms with Gasteiger partial charge in [0.25, 0.3) is 0 Å². The predicted molar refractivity (Wildman–Crippen MR) is 61.0 cm³/mol. The van der Waals surface area contributed by atoms with Gasteiger partial charge in [0, 0.05) is 33.2 Å². The molecule has 0 spiro atoms. The Morgan fingerprint density at radius 1 is 1.69 bits per heavy atom. The number of carbonyl (C=O) groups is 1. The first kappa shape index (κ1) is 12.9. The van der Waals surface area contributed by atoms with Crippen LogP contribution >= 0.6 is 0 Å². The highest BCUT2D eigenvalue weighted by atomic mass is 16.5. The molecule has 5 nitrogen and oxygen atoms in total. The summed E-state index contributed by atoms with van der Waals surface area (Å²) >= 11 is 0. The summed E-state index contributed by atoms with van der Waals surface area (Å²) in [6.07, 6.45) is 5.27. The Balaban J connectivity index is 2.37. The van der Waals surface area contributed by atoms with Crippen molar-refractivity contribution in [2.75, 3.05) is 13.7 Å². The van der Waals surface area contributed by atoms with Crippen LogP contribution in [0.25, 0.3) is 0 Å². The molecular formula is C11H19N3O2. The fourth-order valence-electron chi connectivity index (χ4n) is 1.46. The summed E-state index contributed by atoms with van der Waals surface area (Å²) in [7, 11) is 3.51. The molecule has 0 fully saturated rings. The number of methoxy groups -OCH3 is 1. The maximum absolute atomic E-state index is 11.7. The normalized spacial score (nSPS) is 12.7. The van der Waals surface area contributed by atoms with Crippen LogP contribution in [0, 0.1) is 0 Å². The van der Waals surface area contributed by atoms with E-state index in [0.717, 1.165) is 12.2 Å². The third-order valence-corrected chi connectivity index (χ3v) is 2.53. The van der Waals surface area contributed by atoms with E-state index in [1.165, 1.54) is 0 Å². The maximum atomic E-state index is 11.7. The minimum absolute atomic E-state index is 0.0328. The van der Waals surface area contributed by atoms with Gasteiger partial charge in [0.15, 0.2) is 5.78 Å². The molecule has 1 aromatic rings. The number of aryl methyl sites for hydroxylation is 1. The average Bonchev–Trinajstić information content (AvgIpc) is 2.64. The van der Waals surface area contributed by atoms with Crippen LogP contribution in [0.5, 0.6) is 0 Å². The summed E-state index contributed by atoms with van der Waals surface area (Å²) in [5.41, 5.74) is 5.78. The molecule has 5 heteroatoms. The van der Waals surface area contributed by atoms with Crippen molar-refractivity contribution >= 4 is 5.78 Å². The predicted octanol–water partition coefficient (Wildman–Crippen LogP) is 0.286. The van der Waals surface area contributed by atoms with Crippen LogP contribution < -0.4 is 5.73 Å². The molecule has 1 atom stereocenters. The smallest absolute Gasteiger partial charge is 0.157 e. The molecule has 0 aliphatic carbocycles. The van der Waals surface area contributed by atoms with Gasteiger partial charge in [0.2, 0.25) is 0 Å². The number of hydrogen-bond acceptors (Lipinski definition) is 4. The number of ether oxygens (including phenoxy) is 1. The van der Waals surface area contributed by atoms with Crippen molar-refractivity contribution in [3.8, 4) is 0 Å². The molecule has 1 rings (SSSR count). The van der Waals surface area contributed by atoms with E-state index in [4.69, 9.17) is 10.5 Å². The van der Waals surface area contributed by atoms with Gasteiger partial charge in [-0.2, -0.15) is 0 Å². The van der Waals surface area contributed by atoms with Gasteiger partial charge < -0.3 is 15.0 Å². The zero-order valence-electron chi connectivity index (χ0n) is 9.85. The molecule has 1 heterocycles. The number of hydrogen-bond donors (Lipinski definition) is 1. The van der Waals surface area contributed by atoms with E-state index in [1.807, 2.05) is 17.8 Å². The second-order valence-electron chi connectivity index (χ2n) is 3.84. The van der Waals surface area contributed by atoms with Gasteiger partial charge in [0.1, 0.15) is 5.82 Å². The molecular weight excluding hydrogens is 206 g/mol. The van der Waals surface area contributed by atoms with E-state index in [2.05, 4.69) is 4.98 Å². The van der Waals surface area contributed by atoms with Crippen LogP contribution in [0.4, 0.5) is 0 Å². The van der Waals surface area contributed by atoms with E-state index in [9.17, 15) is 4.79 Å². The quantitative estimate of drug-likeness (QED) is 0.677. The van der Waals surface area contributed by atoms with Crippen molar-refractivity contribution in [3.63, 3.8) is 0 Å². The SMILES string of the molecule is COCCCC(N)C(=O)Cc1nccn1C. The molecule has 2 N–H and O–H groups in total. The van der Waals surface area contributed by atoms with Gasteiger partial charge in [-0.15, -0.1) is 0 Å². The van der Waals surface area contributed by atoms with E-state index in [-0.39, 0.29) is 5.78 Å². The lowest BCUT2D eigenvalue weighted by atomic mass is 10.1. The topological polar surface area (TPSA) is 70.1 Å². The maximum Gasteiger partial charge on any atom is 0.157 e. The Bertz CT molecular complexity index is 336. The summed E-state index contributed by atoms with van der Waals surface area (Å²) in [5, 5.41) is 0. The van der Waals surface area contributed by atoms with Crippen molar-refractivity contribution in [3.05, 3.63) is 18.2 Å². The van der Waals surface area contributed by atoms with Crippen LogP contribution in [0.3, 0.4) is 0 Å². The number of nitrogens with two attached hydrogens (primary N) is 1. The highest BCUT2D eigenvalue weighted by Gasteiger charge is 2.15. The van der Waals surface area contributed by atoms with Gasteiger partial charge in [-0.05, 0) is 12.8 Å².